The van der Waals surface area contributed by atoms with Crippen LogP contribution in [0.3, 0.4) is 0 Å². The Balaban J connectivity index is 1.01. The van der Waals surface area contributed by atoms with Crippen molar-refractivity contribution in [3.05, 3.63) is 297 Å². The lowest BCUT2D eigenvalue weighted by Crippen LogP contribution is -2.16. The van der Waals surface area contributed by atoms with E-state index in [9.17, 15) is 0 Å². The van der Waals surface area contributed by atoms with Crippen LogP contribution >= 0.6 is 0 Å². The summed E-state index contributed by atoms with van der Waals surface area (Å²) in [4.78, 5) is 4.72. The molecule has 1 aliphatic rings. The Morgan fingerprint density at radius 2 is 0.615 bits per heavy atom. The van der Waals surface area contributed by atoms with Gasteiger partial charge in [-0.2, -0.15) is 0 Å². The van der Waals surface area contributed by atoms with Crippen molar-refractivity contribution < 1.29 is 0 Å². The second-order valence-electron chi connectivity index (χ2n) is 20.3. The van der Waals surface area contributed by atoms with Gasteiger partial charge in [-0.1, -0.05) is 176 Å². The fraction of sp³-hybridized carbons (Fsp3) is 0.0270. The van der Waals surface area contributed by atoms with Crippen LogP contribution in [0.4, 0.5) is 28.4 Å². The Bertz CT molecular complexity index is 4500. The average molecular weight is 997 g/mol. The van der Waals surface area contributed by atoms with Crippen molar-refractivity contribution in [2.45, 2.75) is 12.8 Å². The van der Waals surface area contributed by atoms with Crippen molar-refractivity contribution in [3.8, 4) is 33.6 Å². The van der Waals surface area contributed by atoms with Crippen molar-refractivity contribution >= 4 is 93.6 Å². The molecule has 0 unspecified atom stereocenters. The summed E-state index contributed by atoms with van der Waals surface area (Å²) < 4.78 is 4.90. The molecule has 0 saturated heterocycles. The number of aromatic nitrogens is 2. The first-order chi connectivity index (χ1) is 38.7. The normalized spacial score (nSPS) is 12.5. The van der Waals surface area contributed by atoms with Crippen molar-refractivity contribution in [3.63, 3.8) is 0 Å². The zero-order valence-electron chi connectivity index (χ0n) is 42.9. The smallest absolute Gasteiger partial charge is 0.0541 e. The van der Waals surface area contributed by atoms with Gasteiger partial charge < -0.3 is 18.9 Å². The van der Waals surface area contributed by atoms with Crippen LogP contribution < -0.4 is 9.80 Å². The van der Waals surface area contributed by atoms with Crippen molar-refractivity contribution in [2.24, 2.45) is 0 Å². The molecule has 1 aliphatic carbocycles. The molecule has 2 heterocycles. The summed E-state index contributed by atoms with van der Waals surface area (Å²) in [5.41, 5.74) is 18.4. The molecule has 0 spiro atoms. The van der Waals surface area contributed by atoms with Crippen LogP contribution in [0, 0.1) is 0 Å². The molecule has 0 radical (unpaired) electrons. The monoisotopic (exact) mass is 996 g/mol. The first-order valence-corrected chi connectivity index (χ1v) is 27.1. The summed E-state index contributed by atoms with van der Waals surface area (Å²) in [5, 5.41) is 9.71. The van der Waals surface area contributed by atoms with Crippen LogP contribution in [0.1, 0.15) is 12.8 Å². The van der Waals surface area contributed by atoms with Gasteiger partial charge >= 0.3 is 0 Å². The number of allylic oxidation sites excluding steroid dienone is 3. The lowest BCUT2D eigenvalue weighted by atomic mass is 9.85. The van der Waals surface area contributed by atoms with Gasteiger partial charge in [0.05, 0.1) is 22.1 Å². The van der Waals surface area contributed by atoms with Gasteiger partial charge in [0, 0.05) is 67.1 Å². The summed E-state index contributed by atoms with van der Waals surface area (Å²) >= 11 is 0. The van der Waals surface area contributed by atoms with E-state index in [1.165, 1.54) is 82.0 Å². The molecule has 12 aromatic carbocycles. The Hall–Kier alpha value is -10.2. The van der Waals surface area contributed by atoms with E-state index >= 15 is 0 Å². The third kappa shape index (κ3) is 7.52. The molecule has 0 aliphatic heterocycles. The average Bonchev–Trinajstić information content (AvgIpc) is 4.21. The minimum atomic E-state index is 1.02. The van der Waals surface area contributed by atoms with Gasteiger partial charge in [0.15, 0.2) is 0 Å². The highest BCUT2D eigenvalue weighted by molar-refractivity contribution is 6.23. The third-order valence-electron chi connectivity index (χ3n) is 15.9. The number of nitrogens with zero attached hydrogens (tertiary/aromatic N) is 4. The van der Waals surface area contributed by atoms with Crippen LogP contribution in [-0.2, 0) is 0 Å². The van der Waals surface area contributed by atoms with Gasteiger partial charge in [0.25, 0.3) is 0 Å². The summed E-state index contributed by atoms with van der Waals surface area (Å²) in [6.07, 6.45) is 8.99. The predicted octanol–water partition coefficient (Wildman–Crippen LogP) is 20.4. The second kappa shape index (κ2) is 18.9. The number of anilines is 5. The van der Waals surface area contributed by atoms with Crippen molar-refractivity contribution in [2.75, 3.05) is 9.80 Å². The van der Waals surface area contributed by atoms with Gasteiger partial charge in [0.1, 0.15) is 0 Å². The Morgan fingerprint density at radius 3 is 1.00 bits per heavy atom. The van der Waals surface area contributed by atoms with E-state index in [-0.39, 0.29) is 0 Å². The Kier molecular flexibility index (Phi) is 11.0. The maximum absolute atomic E-state index is 2.45. The number of benzene rings is 12. The highest BCUT2D eigenvalue weighted by Crippen LogP contribution is 2.48. The molecule has 4 nitrogen and oxygen atoms in total. The molecule has 2 aromatic heterocycles. The van der Waals surface area contributed by atoms with Gasteiger partial charge in [-0.05, 0) is 172 Å². The number of para-hydroxylation sites is 7. The fourth-order valence-corrected chi connectivity index (χ4v) is 12.5. The van der Waals surface area contributed by atoms with E-state index in [0.29, 0.717) is 0 Å². The van der Waals surface area contributed by atoms with Gasteiger partial charge in [-0.3, -0.25) is 0 Å². The molecule has 15 rings (SSSR count). The first-order valence-electron chi connectivity index (χ1n) is 27.1. The quantitative estimate of drug-likeness (QED) is 0.127. The number of hydrogen-bond donors (Lipinski definition) is 0. The van der Waals surface area contributed by atoms with Crippen LogP contribution in [0.5, 0.6) is 0 Å². The maximum atomic E-state index is 2.45. The van der Waals surface area contributed by atoms with E-state index in [1.54, 1.807) is 0 Å². The Labute approximate surface area is 453 Å². The molecule has 0 fully saturated rings. The second-order valence-corrected chi connectivity index (χ2v) is 20.3. The van der Waals surface area contributed by atoms with E-state index in [2.05, 4.69) is 310 Å². The standard InChI is InChI=1S/C74H52N4/c1-5-21-53(22-6-1)75(54-23-7-2-8-24-54)57-41-37-51(38-42-57)73-65-47-45-60(78-71-35-19-15-31-63(71)64-32-16-20-36-72(64)78)50-68(65)74(52-39-43-58(44-40-52)76(55-25-9-3-10-26-55)56-27-11-4-12-28-56)66-48-46-59(49-67(66)73)77-69-33-17-13-29-61(69)62-30-14-18-34-70(62)77/h1-3,5-11,13-50H,4,12H2. The molecular formula is C74H52N4. The molecule has 368 valence electrons. The highest BCUT2D eigenvalue weighted by atomic mass is 15.1. The number of hydrogen-bond acceptors (Lipinski definition) is 2. The summed E-state index contributed by atoms with van der Waals surface area (Å²) in [6, 6.07) is 100. The summed E-state index contributed by atoms with van der Waals surface area (Å²) in [7, 11) is 0. The molecule has 0 N–H and O–H groups in total. The van der Waals surface area contributed by atoms with E-state index in [0.717, 1.165) is 63.8 Å². The molecule has 14 aromatic rings. The fourth-order valence-electron chi connectivity index (χ4n) is 12.5. The Morgan fingerprint density at radius 1 is 0.269 bits per heavy atom. The van der Waals surface area contributed by atoms with Crippen molar-refractivity contribution in [1.29, 1.82) is 0 Å². The molecule has 0 bridgehead atoms. The minimum Gasteiger partial charge on any atom is -0.311 e. The zero-order valence-corrected chi connectivity index (χ0v) is 42.9. The van der Waals surface area contributed by atoms with E-state index in [4.69, 9.17) is 0 Å². The van der Waals surface area contributed by atoms with E-state index in [1.807, 2.05) is 0 Å². The molecule has 0 amide bonds. The highest BCUT2D eigenvalue weighted by Gasteiger charge is 2.23. The summed E-state index contributed by atoms with van der Waals surface area (Å²) in [6.45, 7) is 0. The molecule has 4 heteroatoms. The SMILES string of the molecule is C1=CC(N(c2ccccc2)c2ccc(-c3c4ccc(-n5c6ccccc6c6ccccc65)cc4c(-c4ccc(N(c5ccccc5)c5ccccc5)cc4)c4ccc(-n5c6ccccc6c6ccccc65)cc34)cc2)=CCC1. The van der Waals surface area contributed by atoms with Crippen LogP contribution in [0.2, 0.25) is 0 Å². The predicted molar refractivity (Wildman–Crippen MR) is 331 cm³/mol. The molecule has 78 heavy (non-hydrogen) atoms. The maximum Gasteiger partial charge on any atom is 0.0541 e. The van der Waals surface area contributed by atoms with Gasteiger partial charge in [-0.25, -0.2) is 0 Å². The minimum absolute atomic E-state index is 1.02. The zero-order chi connectivity index (χ0) is 51.5. The number of rotatable bonds is 10. The van der Waals surface area contributed by atoms with Crippen molar-refractivity contribution in [1.82, 2.24) is 9.13 Å². The largest absolute Gasteiger partial charge is 0.311 e. The van der Waals surface area contributed by atoms with E-state index < -0.39 is 0 Å². The topological polar surface area (TPSA) is 16.3 Å². The van der Waals surface area contributed by atoms with Crippen LogP contribution in [-0.4, -0.2) is 9.13 Å². The van der Waals surface area contributed by atoms with Gasteiger partial charge in [-0.15, -0.1) is 0 Å². The van der Waals surface area contributed by atoms with Crippen LogP contribution in [0.15, 0.2) is 297 Å². The summed E-state index contributed by atoms with van der Waals surface area (Å²) in [5.74, 6) is 0. The molecule has 0 atom stereocenters. The molecular weight excluding hydrogens is 945 g/mol. The first kappa shape index (κ1) is 45.3. The number of fused-ring (bicyclic) bond motifs is 8. The third-order valence-corrected chi connectivity index (χ3v) is 15.9. The molecule has 0 saturated carbocycles. The lowest BCUT2D eigenvalue weighted by molar-refractivity contribution is 0.997. The van der Waals surface area contributed by atoms with Gasteiger partial charge in [0.2, 0.25) is 0 Å². The van der Waals surface area contributed by atoms with Crippen LogP contribution in [0.25, 0.3) is 98.8 Å². The lowest BCUT2D eigenvalue weighted by Gasteiger charge is -2.28.